The molecular formula is C20H17BrS4. The fourth-order valence-electron chi connectivity index (χ4n) is 2.66. The predicted molar refractivity (Wildman–Crippen MR) is 121 cm³/mol. The summed E-state index contributed by atoms with van der Waals surface area (Å²) in [5.41, 5.74) is 0. The van der Waals surface area contributed by atoms with E-state index < -0.39 is 0 Å². The van der Waals surface area contributed by atoms with Crippen LogP contribution in [0.25, 0.3) is 29.3 Å². The third-order valence-electron chi connectivity index (χ3n) is 3.93. The van der Waals surface area contributed by atoms with Gasteiger partial charge in [-0.15, -0.1) is 45.3 Å². The van der Waals surface area contributed by atoms with Gasteiger partial charge in [-0.1, -0.05) is 22.0 Å². The van der Waals surface area contributed by atoms with Gasteiger partial charge in [-0.3, -0.25) is 0 Å². The van der Waals surface area contributed by atoms with E-state index in [0.717, 1.165) is 5.33 Å². The van der Waals surface area contributed by atoms with Gasteiger partial charge >= 0.3 is 0 Å². The van der Waals surface area contributed by atoms with Crippen LogP contribution in [0.4, 0.5) is 0 Å². The van der Waals surface area contributed by atoms with Gasteiger partial charge in [0, 0.05) is 39.5 Å². The lowest BCUT2D eigenvalue weighted by Gasteiger charge is -1.94. The fraction of sp³-hybridized carbons (Fsp3) is 0.200. The zero-order chi connectivity index (χ0) is 17.1. The number of hydrogen-bond donors (Lipinski definition) is 0. The monoisotopic (exact) mass is 464 g/mol. The third-order valence-corrected chi connectivity index (χ3v) is 9.26. The second kappa shape index (κ2) is 8.31. The van der Waals surface area contributed by atoms with Crippen LogP contribution in [0, 0.1) is 0 Å². The summed E-state index contributed by atoms with van der Waals surface area (Å²) in [6.45, 7) is 0. The van der Waals surface area contributed by atoms with E-state index in [9.17, 15) is 0 Å². The maximum atomic E-state index is 3.51. The molecule has 0 aliphatic rings. The van der Waals surface area contributed by atoms with Gasteiger partial charge in [0.05, 0.1) is 0 Å². The number of alkyl halides is 1. The minimum Gasteiger partial charge on any atom is -0.143 e. The van der Waals surface area contributed by atoms with Gasteiger partial charge in [-0.2, -0.15) is 0 Å². The van der Waals surface area contributed by atoms with Crippen LogP contribution in [0.2, 0.25) is 0 Å². The van der Waals surface area contributed by atoms with Crippen LogP contribution in [0.1, 0.15) is 17.7 Å². The van der Waals surface area contributed by atoms with Crippen molar-refractivity contribution in [3.63, 3.8) is 0 Å². The van der Waals surface area contributed by atoms with Crippen molar-refractivity contribution in [2.45, 2.75) is 19.3 Å². The Morgan fingerprint density at radius 2 is 1.24 bits per heavy atom. The Morgan fingerprint density at radius 3 is 1.84 bits per heavy atom. The molecular weight excluding hydrogens is 448 g/mol. The van der Waals surface area contributed by atoms with Crippen molar-refractivity contribution in [2.24, 2.45) is 0 Å². The molecule has 128 valence electrons. The number of thiophene rings is 4. The molecule has 4 heterocycles. The predicted octanol–water partition coefficient (Wildman–Crippen LogP) is 8.65. The summed E-state index contributed by atoms with van der Waals surface area (Å²) in [7, 11) is 0. The van der Waals surface area contributed by atoms with Crippen LogP contribution in [0.3, 0.4) is 0 Å². The first-order valence-corrected chi connectivity index (χ1v) is 12.7. The Kier molecular flexibility index (Phi) is 5.88. The molecule has 0 spiro atoms. The Labute approximate surface area is 172 Å². The quantitative estimate of drug-likeness (QED) is 0.189. The Hall–Kier alpha value is -0.720. The first-order chi connectivity index (χ1) is 12.3. The summed E-state index contributed by atoms with van der Waals surface area (Å²) in [4.78, 5) is 9.76. The zero-order valence-corrected chi connectivity index (χ0v) is 18.4. The average Bonchev–Trinajstić information content (AvgIpc) is 3.40. The van der Waals surface area contributed by atoms with Crippen molar-refractivity contribution in [3.05, 3.63) is 58.8 Å². The topological polar surface area (TPSA) is 0 Å². The molecule has 0 fully saturated rings. The molecule has 0 saturated carbocycles. The summed E-state index contributed by atoms with van der Waals surface area (Å²) in [6.07, 6.45) is 3.71. The van der Waals surface area contributed by atoms with E-state index in [4.69, 9.17) is 0 Å². The number of halogens is 1. The highest BCUT2D eigenvalue weighted by atomic mass is 79.9. The Bertz CT molecular complexity index is 927. The maximum Gasteiger partial charge on any atom is 0.0449 e. The minimum atomic E-state index is 1.10. The molecule has 0 atom stereocenters. The highest BCUT2D eigenvalue weighted by Crippen LogP contribution is 2.42. The van der Waals surface area contributed by atoms with Crippen molar-refractivity contribution < 1.29 is 0 Å². The standard InChI is InChI=1S/C20H17BrS4/c21-12-2-1-4-14-6-7-17(23-14)18-10-11-20(25-18)19-9-8-16(24-19)15-5-3-13-22-15/h3,5-11,13H,1-2,4,12H2. The fourth-order valence-corrected chi connectivity index (χ4v) is 7.14. The van der Waals surface area contributed by atoms with Gasteiger partial charge in [-0.05, 0) is 67.1 Å². The SMILES string of the molecule is BrCCCCc1ccc(-c2ccc(-c3ccc(-c4cccs4)s3)s2)s1. The molecule has 5 heteroatoms. The highest BCUT2D eigenvalue weighted by molar-refractivity contribution is 9.09. The van der Waals surface area contributed by atoms with E-state index in [0.29, 0.717) is 0 Å². The van der Waals surface area contributed by atoms with Crippen LogP contribution in [0.5, 0.6) is 0 Å². The van der Waals surface area contributed by atoms with Gasteiger partial charge < -0.3 is 0 Å². The van der Waals surface area contributed by atoms with Gasteiger partial charge in [0.15, 0.2) is 0 Å². The molecule has 0 N–H and O–H groups in total. The van der Waals surface area contributed by atoms with Gasteiger partial charge in [0.1, 0.15) is 0 Å². The number of hydrogen-bond acceptors (Lipinski definition) is 4. The average molecular weight is 466 g/mol. The Morgan fingerprint density at radius 1 is 0.640 bits per heavy atom. The number of aryl methyl sites for hydroxylation is 1. The van der Waals surface area contributed by atoms with Crippen molar-refractivity contribution in [2.75, 3.05) is 5.33 Å². The molecule has 0 radical (unpaired) electrons. The molecule has 0 saturated heterocycles. The first-order valence-electron chi connectivity index (χ1n) is 8.22. The van der Waals surface area contributed by atoms with Gasteiger partial charge in [-0.25, -0.2) is 0 Å². The van der Waals surface area contributed by atoms with E-state index in [1.807, 2.05) is 45.3 Å². The molecule has 0 aliphatic heterocycles. The van der Waals surface area contributed by atoms with Crippen LogP contribution < -0.4 is 0 Å². The molecule has 0 bridgehead atoms. The molecule has 4 aromatic heterocycles. The van der Waals surface area contributed by atoms with Crippen LogP contribution in [-0.2, 0) is 6.42 Å². The van der Waals surface area contributed by atoms with Crippen molar-refractivity contribution in [1.82, 2.24) is 0 Å². The largest absolute Gasteiger partial charge is 0.143 e. The summed E-state index contributed by atoms with van der Waals surface area (Å²) in [5.74, 6) is 0. The molecule has 4 rings (SSSR count). The third kappa shape index (κ3) is 4.17. The summed E-state index contributed by atoms with van der Waals surface area (Å²) in [6, 6.07) is 18.0. The maximum absolute atomic E-state index is 3.51. The zero-order valence-electron chi connectivity index (χ0n) is 13.5. The van der Waals surface area contributed by atoms with E-state index in [-0.39, 0.29) is 0 Å². The summed E-state index contributed by atoms with van der Waals surface area (Å²) >= 11 is 11.1. The number of unbranched alkanes of at least 4 members (excludes halogenated alkanes) is 1. The molecule has 0 aliphatic carbocycles. The molecule has 0 aromatic carbocycles. The van der Waals surface area contributed by atoms with Gasteiger partial charge in [0.2, 0.25) is 0 Å². The molecule has 0 amide bonds. The first kappa shape index (κ1) is 17.7. The van der Waals surface area contributed by atoms with Crippen LogP contribution in [0.15, 0.2) is 53.9 Å². The molecule has 4 aromatic rings. The van der Waals surface area contributed by atoms with E-state index in [1.165, 1.54) is 53.4 Å². The van der Waals surface area contributed by atoms with E-state index >= 15 is 0 Å². The van der Waals surface area contributed by atoms with Crippen LogP contribution >= 0.6 is 61.3 Å². The number of rotatable bonds is 7. The second-order valence-electron chi connectivity index (χ2n) is 5.72. The van der Waals surface area contributed by atoms with E-state index in [1.54, 1.807) is 0 Å². The molecule has 0 nitrogen and oxygen atoms in total. The van der Waals surface area contributed by atoms with Crippen molar-refractivity contribution in [1.29, 1.82) is 0 Å². The van der Waals surface area contributed by atoms with Crippen molar-refractivity contribution >= 4 is 61.3 Å². The summed E-state index contributed by atoms with van der Waals surface area (Å²) < 4.78 is 0. The van der Waals surface area contributed by atoms with Crippen molar-refractivity contribution in [3.8, 4) is 29.3 Å². The highest BCUT2D eigenvalue weighted by Gasteiger charge is 2.10. The minimum absolute atomic E-state index is 1.10. The lowest BCUT2D eigenvalue weighted by atomic mass is 10.2. The van der Waals surface area contributed by atoms with Gasteiger partial charge in [0.25, 0.3) is 0 Å². The Balaban J connectivity index is 1.51. The molecule has 0 unspecified atom stereocenters. The van der Waals surface area contributed by atoms with E-state index in [2.05, 4.69) is 69.8 Å². The smallest absolute Gasteiger partial charge is 0.0449 e. The molecule has 25 heavy (non-hydrogen) atoms. The lowest BCUT2D eigenvalue weighted by molar-refractivity contribution is 0.816. The normalized spacial score (nSPS) is 11.2. The summed E-state index contributed by atoms with van der Waals surface area (Å²) in [5, 5.41) is 3.25. The second-order valence-corrected chi connectivity index (χ2v) is 10.8. The lowest BCUT2D eigenvalue weighted by Crippen LogP contribution is -1.80. The van der Waals surface area contributed by atoms with Crippen LogP contribution in [-0.4, -0.2) is 5.33 Å².